The number of nitrogens with one attached hydrogen (secondary N) is 1. The summed E-state index contributed by atoms with van der Waals surface area (Å²) in [4.78, 5) is 17.1. The van der Waals surface area contributed by atoms with Crippen LogP contribution in [0, 0.1) is 6.92 Å². The molecule has 0 fully saturated rings. The minimum Gasteiger partial charge on any atom is -0.321 e. The lowest BCUT2D eigenvalue weighted by Crippen LogP contribution is -2.09. The fraction of sp³-hybridized carbons (Fsp3) is 0.0588. The Kier molecular flexibility index (Phi) is 3.79. The summed E-state index contributed by atoms with van der Waals surface area (Å²) in [7, 11) is 0. The lowest BCUT2D eigenvalue weighted by molar-refractivity contribution is 0.103. The summed E-state index contributed by atoms with van der Waals surface area (Å²) in [6, 6.07) is 17.5. The second-order valence-electron chi connectivity index (χ2n) is 4.72. The van der Waals surface area contributed by atoms with E-state index in [1.54, 1.807) is 6.20 Å². The maximum atomic E-state index is 12.2. The molecule has 0 saturated heterocycles. The number of carbonyl (C=O) groups is 1. The summed E-state index contributed by atoms with van der Waals surface area (Å²) in [5.41, 5.74) is 3.02. The van der Waals surface area contributed by atoms with Gasteiger partial charge in [-0.05, 0) is 19.1 Å². The van der Waals surface area contributed by atoms with Crippen LogP contribution >= 0.6 is 11.3 Å². The molecule has 1 amide bonds. The topological polar surface area (TPSA) is 42.0 Å². The van der Waals surface area contributed by atoms with Crippen molar-refractivity contribution in [1.29, 1.82) is 0 Å². The first-order chi connectivity index (χ1) is 10.2. The molecule has 0 aliphatic carbocycles. The van der Waals surface area contributed by atoms with Crippen molar-refractivity contribution in [3.05, 3.63) is 71.2 Å². The first-order valence-electron chi connectivity index (χ1n) is 6.61. The quantitative estimate of drug-likeness (QED) is 0.779. The van der Waals surface area contributed by atoms with Crippen molar-refractivity contribution < 1.29 is 4.79 Å². The largest absolute Gasteiger partial charge is 0.321 e. The van der Waals surface area contributed by atoms with Gasteiger partial charge in [0, 0.05) is 11.3 Å². The van der Waals surface area contributed by atoms with E-state index in [9.17, 15) is 4.79 Å². The van der Waals surface area contributed by atoms with Crippen LogP contribution in [0.5, 0.6) is 0 Å². The van der Waals surface area contributed by atoms with Crippen LogP contribution in [0.2, 0.25) is 0 Å². The van der Waals surface area contributed by atoms with Gasteiger partial charge < -0.3 is 5.32 Å². The van der Waals surface area contributed by atoms with E-state index in [0.29, 0.717) is 4.88 Å². The Morgan fingerprint density at radius 1 is 1.05 bits per heavy atom. The lowest BCUT2D eigenvalue weighted by Gasteiger charge is -2.01. The van der Waals surface area contributed by atoms with Crippen LogP contribution in [-0.2, 0) is 0 Å². The Morgan fingerprint density at radius 2 is 1.76 bits per heavy atom. The number of rotatable bonds is 3. The summed E-state index contributed by atoms with van der Waals surface area (Å²) in [5, 5.41) is 3.72. The summed E-state index contributed by atoms with van der Waals surface area (Å²) in [6.07, 6.45) is 1.62. The number of nitrogens with zero attached hydrogens (tertiary/aromatic N) is 1. The molecule has 4 heteroatoms. The molecular formula is C17H14N2OS. The van der Waals surface area contributed by atoms with Gasteiger partial charge in [0.1, 0.15) is 9.88 Å². The first kappa shape index (κ1) is 13.5. The van der Waals surface area contributed by atoms with Crippen molar-refractivity contribution in [3.8, 4) is 10.6 Å². The Labute approximate surface area is 127 Å². The highest BCUT2D eigenvalue weighted by Gasteiger charge is 2.11. The Morgan fingerprint density at radius 3 is 2.48 bits per heavy atom. The van der Waals surface area contributed by atoms with Crippen LogP contribution in [0.15, 0.2) is 60.8 Å². The number of aromatic nitrogens is 1. The molecule has 3 aromatic rings. The van der Waals surface area contributed by atoms with E-state index in [0.717, 1.165) is 16.3 Å². The number of thiazole rings is 1. The van der Waals surface area contributed by atoms with Gasteiger partial charge in [0.05, 0.1) is 6.20 Å². The molecule has 0 radical (unpaired) electrons. The van der Waals surface area contributed by atoms with Crippen LogP contribution in [0.1, 0.15) is 15.2 Å². The van der Waals surface area contributed by atoms with E-state index in [2.05, 4.69) is 10.3 Å². The zero-order valence-corrected chi connectivity index (χ0v) is 12.4. The number of hydrogen-bond donors (Lipinski definition) is 1. The monoisotopic (exact) mass is 294 g/mol. The molecule has 0 spiro atoms. The standard InChI is InChI=1S/C17H14N2OS/c1-12-7-9-13(10-8-12)17-18-11-15(21-17)16(20)19-14-5-3-2-4-6-14/h2-11H,1H3,(H,19,20). The van der Waals surface area contributed by atoms with Crippen molar-refractivity contribution in [2.24, 2.45) is 0 Å². The molecule has 1 N–H and O–H groups in total. The van der Waals surface area contributed by atoms with Gasteiger partial charge in [-0.1, -0.05) is 48.0 Å². The fourth-order valence-electron chi connectivity index (χ4n) is 1.92. The van der Waals surface area contributed by atoms with Crippen molar-refractivity contribution in [1.82, 2.24) is 4.98 Å². The highest BCUT2D eigenvalue weighted by molar-refractivity contribution is 7.17. The average Bonchev–Trinajstić information content (AvgIpc) is 2.99. The number of anilines is 1. The fourth-order valence-corrected chi connectivity index (χ4v) is 2.74. The molecule has 1 aromatic heterocycles. The molecule has 0 aliphatic heterocycles. The van der Waals surface area contributed by atoms with Gasteiger partial charge >= 0.3 is 0 Å². The minimum absolute atomic E-state index is 0.128. The first-order valence-corrected chi connectivity index (χ1v) is 7.43. The SMILES string of the molecule is Cc1ccc(-c2ncc(C(=O)Nc3ccccc3)s2)cc1. The Hall–Kier alpha value is -2.46. The lowest BCUT2D eigenvalue weighted by atomic mass is 10.2. The molecule has 0 unspecified atom stereocenters. The van der Waals surface area contributed by atoms with Crippen LogP contribution in [0.25, 0.3) is 10.6 Å². The molecule has 104 valence electrons. The minimum atomic E-state index is -0.128. The smallest absolute Gasteiger partial charge is 0.267 e. The molecule has 0 bridgehead atoms. The molecule has 3 rings (SSSR count). The van der Waals surface area contributed by atoms with E-state index in [1.807, 2.05) is 61.5 Å². The highest BCUT2D eigenvalue weighted by atomic mass is 32.1. The average molecular weight is 294 g/mol. The molecule has 0 aliphatic rings. The number of para-hydroxylation sites is 1. The number of benzene rings is 2. The summed E-state index contributed by atoms with van der Waals surface area (Å²) in [6.45, 7) is 2.05. The molecule has 0 saturated carbocycles. The van der Waals surface area contributed by atoms with Crippen LogP contribution in [0.3, 0.4) is 0 Å². The zero-order valence-electron chi connectivity index (χ0n) is 11.5. The molecule has 21 heavy (non-hydrogen) atoms. The maximum Gasteiger partial charge on any atom is 0.267 e. The van der Waals surface area contributed by atoms with Gasteiger partial charge in [0.2, 0.25) is 0 Å². The number of amides is 1. The number of aryl methyl sites for hydroxylation is 1. The molecule has 3 nitrogen and oxygen atoms in total. The molecular weight excluding hydrogens is 280 g/mol. The van der Waals surface area contributed by atoms with Gasteiger partial charge in [-0.3, -0.25) is 4.79 Å². The predicted octanol–water partition coefficient (Wildman–Crippen LogP) is 4.37. The van der Waals surface area contributed by atoms with Gasteiger partial charge in [-0.25, -0.2) is 4.98 Å². The summed E-state index contributed by atoms with van der Waals surface area (Å²) in [5.74, 6) is -0.128. The Balaban J connectivity index is 1.78. The van der Waals surface area contributed by atoms with Crippen molar-refractivity contribution in [3.63, 3.8) is 0 Å². The van der Waals surface area contributed by atoms with E-state index in [-0.39, 0.29) is 5.91 Å². The molecule has 1 heterocycles. The van der Waals surface area contributed by atoms with E-state index in [1.165, 1.54) is 16.9 Å². The van der Waals surface area contributed by atoms with Crippen molar-refractivity contribution >= 4 is 22.9 Å². The van der Waals surface area contributed by atoms with Crippen LogP contribution < -0.4 is 5.32 Å². The van der Waals surface area contributed by atoms with Crippen LogP contribution in [-0.4, -0.2) is 10.9 Å². The Bertz CT molecular complexity index is 748. The number of hydrogen-bond acceptors (Lipinski definition) is 3. The zero-order chi connectivity index (χ0) is 14.7. The predicted molar refractivity (Wildman–Crippen MR) is 86.7 cm³/mol. The van der Waals surface area contributed by atoms with E-state index in [4.69, 9.17) is 0 Å². The second kappa shape index (κ2) is 5.89. The van der Waals surface area contributed by atoms with Gasteiger partial charge in [0.15, 0.2) is 0 Å². The van der Waals surface area contributed by atoms with Crippen molar-refractivity contribution in [2.45, 2.75) is 6.92 Å². The van der Waals surface area contributed by atoms with Crippen molar-refractivity contribution in [2.75, 3.05) is 5.32 Å². The third kappa shape index (κ3) is 3.17. The van der Waals surface area contributed by atoms with E-state index < -0.39 is 0 Å². The third-order valence-electron chi connectivity index (χ3n) is 3.06. The second-order valence-corrected chi connectivity index (χ2v) is 5.75. The highest BCUT2D eigenvalue weighted by Crippen LogP contribution is 2.25. The summed E-state index contributed by atoms with van der Waals surface area (Å²) >= 11 is 1.40. The number of carbonyl (C=O) groups excluding carboxylic acids is 1. The van der Waals surface area contributed by atoms with Gasteiger partial charge in [-0.2, -0.15) is 0 Å². The van der Waals surface area contributed by atoms with Gasteiger partial charge in [0.25, 0.3) is 5.91 Å². The maximum absolute atomic E-state index is 12.2. The molecule has 2 aromatic carbocycles. The van der Waals surface area contributed by atoms with Gasteiger partial charge in [-0.15, -0.1) is 11.3 Å². The molecule has 0 atom stereocenters. The van der Waals surface area contributed by atoms with Crippen LogP contribution in [0.4, 0.5) is 5.69 Å². The third-order valence-corrected chi connectivity index (χ3v) is 4.10. The normalized spacial score (nSPS) is 10.3. The summed E-state index contributed by atoms with van der Waals surface area (Å²) < 4.78 is 0. The van der Waals surface area contributed by atoms with E-state index >= 15 is 0 Å².